The molecule has 1 fully saturated rings. The second kappa shape index (κ2) is 6.33. The molecule has 18 heavy (non-hydrogen) atoms. The molecule has 1 aliphatic heterocycles. The van der Waals surface area contributed by atoms with Gasteiger partial charge < -0.3 is 5.32 Å². The summed E-state index contributed by atoms with van der Waals surface area (Å²) in [6.45, 7) is 3.69. The van der Waals surface area contributed by atoms with Gasteiger partial charge in [0.15, 0.2) is 0 Å². The van der Waals surface area contributed by atoms with Crippen molar-refractivity contribution in [3.05, 3.63) is 35.9 Å². The second-order valence-corrected chi connectivity index (χ2v) is 5.66. The summed E-state index contributed by atoms with van der Waals surface area (Å²) in [5.41, 5.74) is 0.303. The predicted octanol–water partition coefficient (Wildman–Crippen LogP) is 3.74. The van der Waals surface area contributed by atoms with E-state index in [0.717, 1.165) is 38.8 Å². The molecule has 100 valence electrons. The smallest absolute Gasteiger partial charge is 0.112 e. The standard InChI is InChI=1S/C16H24FN/c1-16(17,15-10-6-12-18-13-15)11-5-9-14-7-3-2-4-8-14/h2-4,7-8,15,18H,5-6,9-13H2,1H3. The minimum atomic E-state index is -1.01. The summed E-state index contributed by atoms with van der Waals surface area (Å²) in [7, 11) is 0. The van der Waals surface area contributed by atoms with Gasteiger partial charge >= 0.3 is 0 Å². The van der Waals surface area contributed by atoms with E-state index in [1.807, 2.05) is 6.07 Å². The van der Waals surface area contributed by atoms with Crippen molar-refractivity contribution in [1.29, 1.82) is 0 Å². The first-order valence-corrected chi connectivity index (χ1v) is 7.12. The van der Waals surface area contributed by atoms with E-state index in [4.69, 9.17) is 0 Å². The van der Waals surface area contributed by atoms with Crippen LogP contribution in [-0.4, -0.2) is 18.8 Å². The van der Waals surface area contributed by atoms with Gasteiger partial charge in [-0.25, -0.2) is 4.39 Å². The lowest BCUT2D eigenvalue weighted by atomic mass is 9.81. The number of hydrogen-bond acceptors (Lipinski definition) is 1. The first-order valence-electron chi connectivity index (χ1n) is 7.12. The normalized spacial score (nSPS) is 23.6. The minimum absolute atomic E-state index is 0.196. The second-order valence-electron chi connectivity index (χ2n) is 5.66. The molecule has 2 atom stereocenters. The van der Waals surface area contributed by atoms with Crippen LogP contribution in [0.4, 0.5) is 4.39 Å². The largest absolute Gasteiger partial charge is 0.316 e. The summed E-state index contributed by atoms with van der Waals surface area (Å²) < 4.78 is 14.6. The quantitative estimate of drug-likeness (QED) is 0.838. The van der Waals surface area contributed by atoms with Crippen LogP contribution >= 0.6 is 0 Å². The summed E-state index contributed by atoms with van der Waals surface area (Å²) in [5.74, 6) is 0.196. The van der Waals surface area contributed by atoms with Crippen LogP contribution in [0.1, 0.15) is 38.2 Å². The van der Waals surface area contributed by atoms with Gasteiger partial charge in [-0.15, -0.1) is 0 Å². The van der Waals surface area contributed by atoms with Gasteiger partial charge in [-0.2, -0.15) is 0 Å². The highest BCUT2D eigenvalue weighted by atomic mass is 19.1. The summed E-state index contributed by atoms with van der Waals surface area (Å²) in [4.78, 5) is 0. The maximum atomic E-state index is 14.6. The third-order valence-electron chi connectivity index (χ3n) is 4.12. The van der Waals surface area contributed by atoms with Crippen LogP contribution in [0.15, 0.2) is 30.3 Å². The van der Waals surface area contributed by atoms with E-state index in [0.29, 0.717) is 6.42 Å². The van der Waals surface area contributed by atoms with E-state index in [1.165, 1.54) is 5.56 Å². The van der Waals surface area contributed by atoms with Gasteiger partial charge in [0, 0.05) is 12.5 Å². The molecule has 1 aliphatic rings. The van der Waals surface area contributed by atoms with Gasteiger partial charge in [0.1, 0.15) is 5.67 Å². The lowest BCUT2D eigenvalue weighted by molar-refractivity contribution is 0.0716. The van der Waals surface area contributed by atoms with Crippen LogP contribution in [-0.2, 0) is 6.42 Å². The molecule has 0 bridgehead atoms. The Morgan fingerprint density at radius 1 is 1.33 bits per heavy atom. The topological polar surface area (TPSA) is 12.0 Å². The molecule has 1 aromatic rings. The molecule has 0 aliphatic carbocycles. The molecule has 1 saturated heterocycles. The van der Waals surface area contributed by atoms with Crippen molar-refractivity contribution in [2.24, 2.45) is 5.92 Å². The molecule has 0 saturated carbocycles. The van der Waals surface area contributed by atoms with Crippen molar-refractivity contribution < 1.29 is 4.39 Å². The molecule has 2 rings (SSSR count). The SMILES string of the molecule is CC(F)(CCCc1ccccc1)C1CCCNC1. The van der Waals surface area contributed by atoms with E-state index in [2.05, 4.69) is 29.6 Å². The fourth-order valence-corrected chi connectivity index (χ4v) is 2.85. The lowest BCUT2D eigenvalue weighted by Crippen LogP contribution is -2.41. The summed E-state index contributed by atoms with van der Waals surface area (Å²) in [6, 6.07) is 10.4. The Labute approximate surface area is 110 Å². The number of hydrogen-bond donors (Lipinski definition) is 1. The average Bonchev–Trinajstić information content (AvgIpc) is 2.41. The zero-order valence-corrected chi connectivity index (χ0v) is 11.3. The van der Waals surface area contributed by atoms with Gasteiger partial charge in [0.25, 0.3) is 0 Å². The number of halogens is 1. The maximum Gasteiger partial charge on any atom is 0.112 e. The van der Waals surface area contributed by atoms with Crippen LogP contribution in [0.5, 0.6) is 0 Å². The highest BCUT2D eigenvalue weighted by Crippen LogP contribution is 2.32. The van der Waals surface area contributed by atoms with Gasteiger partial charge in [0.05, 0.1) is 0 Å². The van der Waals surface area contributed by atoms with Crippen LogP contribution in [0.3, 0.4) is 0 Å². The maximum absolute atomic E-state index is 14.6. The van der Waals surface area contributed by atoms with E-state index in [1.54, 1.807) is 6.92 Å². The van der Waals surface area contributed by atoms with Crippen LogP contribution < -0.4 is 5.32 Å². The lowest BCUT2D eigenvalue weighted by Gasteiger charge is -2.34. The number of alkyl halides is 1. The predicted molar refractivity (Wildman–Crippen MR) is 74.5 cm³/mol. The van der Waals surface area contributed by atoms with E-state index in [-0.39, 0.29) is 5.92 Å². The van der Waals surface area contributed by atoms with Crippen LogP contribution in [0.25, 0.3) is 0 Å². The minimum Gasteiger partial charge on any atom is -0.316 e. The number of rotatable bonds is 5. The van der Waals surface area contributed by atoms with E-state index >= 15 is 0 Å². The van der Waals surface area contributed by atoms with Crippen LogP contribution in [0, 0.1) is 5.92 Å². The monoisotopic (exact) mass is 249 g/mol. The first-order chi connectivity index (χ1) is 8.68. The molecule has 1 N–H and O–H groups in total. The van der Waals surface area contributed by atoms with E-state index in [9.17, 15) is 4.39 Å². The first kappa shape index (κ1) is 13.5. The molecule has 1 nitrogen and oxygen atoms in total. The fourth-order valence-electron chi connectivity index (χ4n) is 2.85. The summed E-state index contributed by atoms with van der Waals surface area (Å²) in [5, 5.41) is 3.31. The van der Waals surface area contributed by atoms with Gasteiger partial charge in [0.2, 0.25) is 0 Å². The third-order valence-corrected chi connectivity index (χ3v) is 4.12. The average molecular weight is 249 g/mol. The zero-order chi connectivity index (χ0) is 12.8. The highest BCUT2D eigenvalue weighted by Gasteiger charge is 2.34. The van der Waals surface area contributed by atoms with Gasteiger partial charge in [-0.1, -0.05) is 30.3 Å². The Balaban J connectivity index is 1.77. The summed E-state index contributed by atoms with van der Waals surface area (Å²) >= 11 is 0. The van der Waals surface area contributed by atoms with Gasteiger partial charge in [-0.3, -0.25) is 0 Å². The molecule has 2 unspecified atom stereocenters. The van der Waals surface area contributed by atoms with Gasteiger partial charge in [-0.05, 0) is 51.1 Å². The molecule has 0 aromatic heterocycles. The highest BCUT2D eigenvalue weighted by molar-refractivity contribution is 5.14. The molecular weight excluding hydrogens is 225 g/mol. The molecule has 1 heterocycles. The Bertz CT molecular complexity index is 341. The number of aryl methyl sites for hydroxylation is 1. The van der Waals surface area contributed by atoms with Crippen molar-refractivity contribution in [3.8, 4) is 0 Å². The van der Waals surface area contributed by atoms with Crippen molar-refractivity contribution in [2.45, 2.75) is 44.7 Å². The molecule has 0 radical (unpaired) electrons. The zero-order valence-electron chi connectivity index (χ0n) is 11.3. The Morgan fingerprint density at radius 3 is 2.78 bits per heavy atom. The number of piperidine rings is 1. The summed E-state index contributed by atoms with van der Waals surface area (Å²) in [6.07, 6.45) is 4.75. The van der Waals surface area contributed by atoms with Crippen LogP contribution in [0.2, 0.25) is 0 Å². The van der Waals surface area contributed by atoms with Crippen molar-refractivity contribution >= 4 is 0 Å². The Morgan fingerprint density at radius 2 is 2.11 bits per heavy atom. The fraction of sp³-hybridized carbons (Fsp3) is 0.625. The van der Waals surface area contributed by atoms with E-state index < -0.39 is 5.67 Å². The van der Waals surface area contributed by atoms with Crippen molar-refractivity contribution in [1.82, 2.24) is 5.32 Å². The third kappa shape index (κ3) is 3.81. The molecule has 1 aromatic carbocycles. The molecule has 0 spiro atoms. The Kier molecular flexibility index (Phi) is 4.76. The number of benzene rings is 1. The van der Waals surface area contributed by atoms with Crippen molar-refractivity contribution in [3.63, 3.8) is 0 Å². The van der Waals surface area contributed by atoms with Crippen molar-refractivity contribution in [2.75, 3.05) is 13.1 Å². The Hall–Kier alpha value is -0.890. The molecule has 0 amide bonds. The number of nitrogens with one attached hydrogen (secondary N) is 1. The molecule has 2 heteroatoms. The molecular formula is C16H24FN.